The molecule has 0 fully saturated rings. The molecule has 3 aromatic rings. The first-order valence-corrected chi connectivity index (χ1v) is 9.72. The van der Waals surface area contributed by atoms with E-state index in [-0.39, 0.29) is 36.0 Å². The first kappa shape index (κ1) is 21.5. The van der Waals surface area contributed by atoms with Crippen LogP contribution in [0.5, 0.6) is 17.2 Å². The molecule has 2 aromatic carbocycles. The van der Waals surface area contributed by atoms with Crippen LogP contribution in [0.25, 0.3) is 11.0 Å². The molecule has 0 radical (unpaired) electrons. The minimum atomic E-state index is -0.652. The lowest BCUT2D eigenvalue weighted by Gasteiger charge is -2.15. The molecule has 0 unspecified atom stereocenters. The van der Waals surface area contributed by atoms with Crippen LogP contribution in [0.4, 0.5) is 0 Å². The molecule has 158 valence electrons. The lowest BCUT2D eigenvalue weighted by Crippen LogP contribution is -2.20. The van der Waals surface area contributed by atoms with Crippen LogP contribution in [0.3, 0.4) is 0 Å². The summed E-state index contributed by atoms with van der Waals surface area (Å²) in [4.78, 5) is 23.5. The normalized spacial score (nSPS) is 10.6. The number of primary amides is 1. The van der Waals surface area contributed by atoms with Crippen molar-refractivity contribution in [3.63, 3.8) is 0 Å². The SMILES string of the molecule is COc1cc(C(=O)OCCc2cc3cc(Br)ccc3o2)cc(OC)c1OCC(N)=O. The van der Waals surface area contributed by atoms with E-state index in [2.05, 4.69) is 15.9 Å². The van der Waals surface area contributed by atoms with Crippen LogP contribution < -0.4 is 19.9 Å². The zero-order valence-corrected chi connectivity index (χ0v) is 18.0. The van der Waals surface area contributed by atoms with E-state index in [9.17, 15) is 9.59 Å². The molecule has 0 aliphatic carbocycles. The standard InChI is InChI=1S/C21H20BrNO7/c1-26-17-9-13(10-18(27-2)20(17)29-11-19(23)24)21(25)28-6-5-15-8-12-7-14(22)3-4-16(12)30-15/h3-4,7-10H,5-6,11H2,1-2H3,(H2,23,24). The van der Waals surface area contributed by atoms with Crippen molar-refractivity contribution in [2.75, 3.05) is 27.4 Å². The van der Waals surface area contributed by atoms with Gasteiger partial charge in [0, 0.05) is 16.3 Å². The molecule has 30 heavy (non-hydrogen) atoms. The number of fused-ring (bicyclic) bond motifs is 1. The number of hydrogen-bond acceptors (Lipinski definition) is 7. The molecule has 0 saturated carbocycles. The predicted octanol–water partition coefficient (Wildman–Crippen LogP) is 3.48. The highest BCUT2D eigenvalue weighted by molar-refractivity contribution is 9.10. The van der Waals surface area contributed by atoms with Crippen LogP contribution in [0.2, 0.25) is 0 Å². The van der Waals surface area contributed by atoms with Crippen molar-refractivity contribution in [3.05, 3.63) is 52.2 Å². The van der Waals surface area contributed by atoms with Crippen LogP contribution >= 0.6 is 15.9 Å². The van der Waals surface area contributed by atoms with E-state index in [0.717, 1.165) is 15.4 Å². The Morgan fingerprint density at radius 1 is 1.07 bits per heavy atom. The first-order valence-electron chi connectivity index (χ1n) is 8.93. The van der Waals surface area contributed by atoms with Crippen LogP contribution in [0.15, 0.2) is 45.3 Å². The van der Waals surface area contributed by atoms with Crippen LogP contribution in [0.1, 0.15) is 16.1 Å². The fraction of sp³-hybridized carbons (Fsp3) is 0.238. The maximum absolute atomic E-state index is 12.5. The van der Waals surface area contributed by atoms with Crippen molar-refractivity contribution in [2.24, 2.45) is 5.73 Å². The van der Waals surface area contributed by atoms with Crippen molar-refractivity contribution in [1.82, 2.24) is 0 Å². The van der Waals surface area contributed by atoms with Crippen LogP contribution in [-0.4, -0.2) is 39.3 Å². The molecule has 0 aliphatic rings. The summed E-state index contributed by atoms with van der Waals surface area (Å²) in [6.45, 7) is -0.227. The van der Waals surface area contributed by atoms with Gasteiger partial charge in [0.05, 0.1) is 26.4 Å². The number of carbonyl (C=O) groups is 2. The van der Waals surface area contributed by atoms with Crippen molar-refractivity contribution in [3.8, 4) is 17.2 Å². The third-order valence-corrected chi connectivity index (χ3v) is 4.66. The lowest BCUT2D eigenvalue weighted by atomic mass is 10.2. The summed E-state index contributed by atoms with van der Waals surface area (Å²) < 4.78 is 27.9. The summed E-state index contributed by atoms with van der Waals surface area (Å²) in [7, 11) is 2.81. The lowest BCUT2D eigenvalue weighted by molar-refractivity contribution is -0.120. The van der Waals surface area contributed by atoms with Gasteiger partial charge in [-0.2, -0.15) is 0 Å². The number of esters is 1. The molecular formula is C21H20BrNO7. The Morgan fingerprint density at radius 2 is 1.77 bits per heavy atom. The fourth-order valence-corrected chi connectivity index (χ4v) is 3.18. The molecule has 0 atom stereocenters. The van der Waals surface area contributed by atoms with Crippen LogP contribution in [0, 0.1) is 0 Å². The number of carbonyl (C=O) groups excluding carboxylic acids is 2. The number of methoxy groups -OCH3 is 2. The zero-order valence-electron chi connectivity index (χ0n) is 16.4. The van der Waals surface area contributed by atoms with E-state index in [0.29, 0.717) is 12.2 Å². The van der Waals surface area contributed by atoms with Gasteiger partial charge in [-0.25, -0.2) is 4.79 Å². The highest BCUT2D eigenvalue weighted by Crippen LogP contribution is 2.38. The van der Waals surface area contributed by atoms with E-state index in [1.165, 1.54) is 26.4 Å². The third kappa shape index (κ3) is 5.04. The van der Waals surface area contributed by atoms with Crippen molar-refractivity contribution in [1.29, 1.82) is 0 Å². The highest BCUT2D eigenvalue weighted by Gasteiger charge is 2.19. The van der Waals surface area contributed by atoms with E-state index in [1.807, 2.05) is 24.3 Å². The molecule has 2 N–H and O–H groups in total. The van der Waals surface area contributed by atoms with E-state index >= 15 is 0 Å². The second-order valence-corrected chi connectivity index (χ2v) is 7.16. The van der Waals surface area contributed by atoms with Crippen LogP contribution in [-0.2, 0) is 16.0 Å². The van der Waals surface area contributed by atoms with E-state index in [1.54, 1.807) is 0 Å². The minimum absolute atomic E-state index is 0.129. The fourth-order valence-electron chi connectivity index (χ4n) is 2.80. The number of halogens is 1. The molecule has 3 rings (SSSR count). The Hall–Kier alpha value is -3.20. The van der Waals surface area contributed by atoms with E-state index < -0.39 is 11.9 Å². The van der Waals surface area contributed by atoms with Gasteiger partial charge < -0.3 is 29.1 Å². The highest BCUT2D eigenvalue weighted by atomic mass is 79.9. The monoisotopic (exact) mass is 477 g/mol. The zero-order chi connectivity index (χ0) is 21.7. The Morgan fingerprint density at radius 3 is 2.40 bits per heavy atom. The van der Waals surface area contributed by atoms with Gasteiger partial charge in [-0.15, -0.1) is 0 Å². The van der Waals surface area contributed by atoms with Gasteiger partial charge in [0.25, 0.3) is 5.91 Å². The Balaban J connectivity index is 1.68. The van der Waals surface area contributed by atoms with Crippen molar-refractivity contribution < 1.29 is 33.0 Å². The molecular weight excluding hydrogens is 458 g/mol. The first-order chi connectivity index (χ1) is 14.4. The quantitative estimate of drug-likeness (QED) is 0.469. The summed E-state index contributed by atoms with van der Waals surface area (Å²) in [6, 6.07) is 10.5. The molecule has 0 saturated heterocycles. The molecule has 0 bridgehead atoms. The summed E-state index contributed by atoms with van der Waals surface area (Å²) in [5, 5.41) is 0.965. The number of benzene rings is 2. The Bertz CT molecular complexity index is 1050. The maximum Gasteiger partial charge on any atom is 0.338 e. The Kier molecular flexibility index (Phi) is 6.83. The minimum Gasteiger partial charge on any atom is -0.493 e. The third-order valence-electron chi connectivity index (χ3n) is 4.17. The predicted molar refractivity (Wildman–Crippen MR) is 112 cm³/mol. The summed E-state index contributed by atoms with van der Waals surface area (Å²) >= 11 is 3.42. The number of rotatable bonds is 9. The second kappa shape index (κ2) is 9.53. The summed E-state index contributed by atoms with van der Waals surface area (Å²) in [6.07, 6.45) is 0.423. The molecule has 0 spiro atoms. The summed E-state index contributed by atoms with van der Waals surface area (Å²) in [5.41, 5.74) is 6.08. The summed E-state index contributed by atoms with van der Waals surface area (Å²) in [5.74, 6) is 0.0910. The second-order valence-electron chi connectivity index (χ2n) is 6.25. The molecule has 1 amide bonds. The molecule has 1 aromatic heterocycles. The maximum atomic E-state index is 12.5. The molecule has 1 heterocycles. The number of amides is 1. The van der Waals surface area contributed by atoms with Gasteiger partial charge in [-0.1, -0.05) is 15.9 Å². The Labute approximate surface area is 181 Å². The van der Waals surface area contributed by atoms with Crippen molar-refractivity contribution in [2.45, 2.75) is 6.42 Å². The molecule has 8 nitrogen and oxygen atoms in total. The molecule has 9 heteroatoms. The van der Waals surface area contributed by atoms with Gasteiger partial charge in [0.15, 0.2) is 18.1 Å². The van der Waals surface area contributed by atoms with Gasteiger partial charge in [-0.05, 0) is 36.4 Å². The van der Waals surface area contributed by atoms with E-state index in [4.69, 9.17) is 29.1 Å². The van der Waals surface area contributed by atoms with Gasteiger partial charge in [0.2, 0.25) is 5.75 Å². The largest absolute Gasteiger partial charge is 0.493 e. The average Bonchev–Trinajstić information content (AvgIpc) is 3.13. The number of furan rings is 1. The average molecular weight is 478 g/mol. The number of hydrogen-bond donors (Lipinski definition) is 1. The molecule has 0 aliphatic heterocycles. The van der Waals surface area contributed by atoms with Gasteiger partial charge in [0.1, 0.15) is 11.3 Å². The van der Waals surface area contributed by atoms with Gasteiger partial charge >= 0.3 is 5.97 Å². The topological polar surface area (TPSA) is 110 Å². The van der Waals surface area contributed by atoms with Crippen molar-refractivity contribution >= 4 is 38.8 Å². The van der Waals surface area contributed by atoms with Gasteiger partial charge in [-0.3, -0.25) is 4.79 Å². The number of ether oxygens (including phenoxy) is 4. The smallest absolute Gasteiger partial charge is 0.338 e. The number of nitrogens with two attached hydrogens (primary N) is 1.